The van der Waals surface area contributed by atoms with Crippen LogP contribution in [0.4, 0.5) is 5.69 Å². The van der Waals surface area contributed by atoms with Crippen LogP contribution in [0.15, 0.2) is 42.5 Å². The maximum absolute atomic E-state index is 12.2. The lowest BCUT2D eigenvalue weighted by Crippen LogP contribution is -2.41. The maximum atomic E-state index is 12.2. The van der Waals surface area contributed by atoms with Crippen molar-refractivity contribution in [3.63, 3.8) is 0 Å². The fourth-order valence-electron chi connectivity index (χ4n) is 2.47. The van der Waals surface area contributed by atoms with Crippen LogP contribution in [-0.4, -0.2) is 49.6 Å². The number of anilines is 1. The number of hydrogen-bond donors (Lipinski definition) is 2. The van der Waals surface area contributed by atoms with Crippen molar-refractivity contribution in [2.75, 3.05) is 32.2 Å². The number of hydrogen-bond acceptors (Lipinski definition) is 5. The number of nitrogens with one attached hydrogen (secondary N) is 2. The van der Waals surface area contributed by atoms with E-state index in [-0.39, 0.29) is 25.8 Å². The highest BCUT2D eigenvalue weighted by molar-refractivity contribution is 6.30. The molecule has 0 fully saturated rings. The Morgan fingerprint density at radius 1 is 1.07 bits per heavy atom. The second-order valence-corrected chi connectivity index (χ2v) is 6.49. The van der Waals surface area contributed by atoms with E-state index in [1.807, 2.05) is 0 Å². The number of carbonyl (C=O) groups is 3. The molecule has 2 N–H and O–H groups in total. The van der Waals surface area contributed by atoms with Gasteiger partial charge in [-0.15, -0.1) is 0 Å². The van der Waals surface area contributed by atoms with Gasteiger partial charge in [0.1, 0.15) is 0 Å². The number of carbonyl (C=O) groups excluding carboxylic acids is 3. The zero-order valence-electron chi connectivity index (χ0n) is 15.0. The van der Waals surface area contributed by atoms with Gasteiger partial charge >= 0.3 is 0 Å². The van der Waals surface area contributed by atoms with Crippen molar-refractivity contribution < 1.29 is 23.9 Å². The largest absolute Gasteiger partial charge is 0.454 e. The molecule has 0 saturated carbocycles. The van der Waals surface area contributed by atoms with Gasteiger partial charge in [-0.3, -0.25) is 14.4 Å². The first-order valence-electron chi connectivity index (χ1n) is 8.39. The van der Waals surface area contributed by atoms with E-state index < -0.39 is 11.8 Å². The summed E-state index contributed by atoms with van der Waals surface area (Å²) in [6.07, 6.45) is 0. The second-order valence-electron chi connectivity index (χ2n) is 6.06. The molecule has 28 heavy (non-hydrogen) atoms. The van der Waals surface area contributed by atoms with Crippen molar-refractivity contribution in [2.45, 2.75) is 0 Å². The Hall–Kier alpha value is -3.26. The highest BCUT2D eigenvalue weighted by Crippen LogP contribution is 2.32. The molecule has 0 unspecified atom stereocenters. The van der Waals surface area contributed by atoms with Gasteiger partial charge in [-0.25, -0.2) is 0 Å². The van der Waals surface area contributed by atoms with Crippen molar-refractivity contribution >= 4 is 35.0 Å². The van der Waals surface area contributed by atoms with Crippen molar-refractivity contribution in [1.29, 1.82) is 0 Å². The Labute approximate surface area is 166 Å². The van der Waals surface area contributed by atoms with Gasteiger partial charge in [-0.1, -0.05) is 11.6 Å². The summed E-state index contributed by atoms with van der Waals surface area (Å²) in [6.45, 7) is -0.277. The van der Waals surface area contributed by atoms with Crippen LogP contribution in [0.3, 0.4) is 0 Å². The van der Waals surface area contributed by atoms with Crippen LogP contribution in [0.5, 0.6) is 11.5 Å². The molecule has 0 aliphatic carbocycles. The van der Waals surface area contributed by atoms with E-state index in [1.165, 1.54) is 11.9 Å². The first kappa shape index (κ1) is 19.5. The molecule has 2 aromatic carbocycles. The van der Waals surface area contributed by atoms with Gasteiger partial charge < -0.3 is 25.0 Å². The number of rotatable bonds is 6. The summed E-state index contributed by atoms with van der Waals surface area (Å²) >= 11 is 5.79. The molecule has 8 nitrogen and oxygen atoms in total. The minimum absolute atomic E-state index is 0.113. The molecule has 0 atom stereocenters. The zero-order chi connectivity index (χ0) is 20.1. The van der Waals surface area contributed by atoms with E-state index in [1.54, 1.807) is 42.5 Å². The molecule has 1 heterocycles. The zero-order valence-corrected chi connectivity index (χ0v) is 15.8. The fourth-order valence-corrected chi connectivity index (χ4v) is 2.59. The lowest BCUT2D eigenvalue weighted by atomic mass is 10.2. The first-order valence-corrected chi connectivity index (χ1v) is 8.77. The number of nitrogens with zero attached hydrogens (tertiary/aromatic N) is 1. The monoisotopic (exact) mass is 403 g/mol. The third-order valence-corrected chi connectivity index (χ3v) is 4.22. The van der Waals surface area contributed by atoms with Gasteiger partial charge in [-0.2, -0.15) is 0 Å². The van der Waals surface area contributed by atoms with Crippen molar-refractivity contribution in [2.24, 2.45) is 0 Å². The molecular weight excluding hydrogens is 386 g/mol. The summed E-state index contributed by atoms with van der Waals surface area (Å²) in [5.41, 5.74) is 0.923. The quantitative estimate of drug-likeness (QED) is 0.767. The number of fused-ring (bicyclic) bond motifs is 1. The van der Waals surface area contributed by atoms with E-state index in [2.05, 4.69) is 10.6 Å². The SMILES string of the molecule is CN(CC(=O)Nc1ccc(Cl)cc1)C(=O)CNC(=O)c1ccc2c(c1)OCO2. The lowest BCUT2D eigenvalue weighted by Gasteiger charge is -2.17. The van der Waals surface area contributed by atoms with Gasteiger partial charge in [0.15, 0.2) is 11.5 Å². The van der Waals surface area contributed by atoms with Crippen molar-refractivity contribution in [3.05, 3.63) is 53.1 Å². The number of likely N-dealkylation sites (N-methyl/N-ethyl adjacent to an activating group) is 1. The smallest absolute Gasteiger partial charge is 0.251 e. The summed E-state index contributed by atoms with van der Waals surface area (Å²) in [5.74, 6) is -0.139. The molecule has 1 aliphatic rings. The van der Waals surface area contributed by atoms with Crippen LogP contribution in [-0.2, 0) is 9.59 Å². The Balaban J connectivity index is 1.46. The van der Waals surface area contributed by atoms with Crippen LogP contribution in [0.1, 0.15) is 10.4 Å². The first-order chi connectivity index (χ1) is 13.4. The summed E-state index contributed by atoms with van der Waals surface area (Å²) in [4.78, 5) is 37.6. The second kappa shape index (κ2) is 8.62. The average Bonchev–Trinajstić information content (AvgIpc) is 3.15. The molecule has 1 aliphatic heterocycles. The Bertz CT molecular complexity index is 901. The van der Waals surface area contributed by atoms with Gasteiger partial charge in [0.2, 0.25) is 18.6 Å². The van der Waals surface area contributed by atoms with E-state index in [0.717, 1.165) is 0 Å². The fraction of sp³-hybridized carbons (Fsp3) is 0.211. The molecule has 0 aromatic heterocycles. The van der Waals surface area contributed by atoms with Crippen LogP contribution in [0, 0.1) is 0 Å². The number of amides is 3. The van der Waals surface area contributed by atoms with E-state index in [4.69, 9.17) is 21.1 Å². The number of benzene rings is 2. The minimum atomic E-state index is -0.425. The minimum Gasteiger partial charge on any atom is -0.454 e. The van der Waals surface area contributed by atoms with E-state index in [9.17, 15) is 14.4 Å². The van der Waals surface area contributed by atoms with Crippen molar-refractivity contribution in [1.82, 2.24) is 10.2 Å². The predicted octanol–water partition coefficient (Wildman–Crippen LogP) is 1.90. The van der Waals surface area contributed by atoms with E-state index >= 15 is 0 Å². The van der Waals surface area contributed by atoms with E-state index in [0.29, 0.717) is 27.8 Å². The molecule has 3 amide bonds. The van der Waals surface area contributed by atoms with Gasteiger partial charge in [0.05, 0.1) is 13.1 Å². The third kappa shape index (κ3) is 4.92. The highest BCUT2D eigenvalue weighted by atomic mass is 35.5. The maximum Gasteiger partial charge on any atom is 0.251 e. The summed E-state index contributed by atoms with van der Waals surface area (Å²) in [6, 6.07) is 11.4. The summed E-state index contributed by atoms with van der Waals surface area (Å²) in [7, 11) is 1.48. The van der Waals surface area contributed by atoms with Gasteiger partial charge in [0.25, 0.3) is 5.91 Å². The van der Waals surface area contributed by atoms with Crippen LogP contribution in [0.25, 0.3) is 0 Å². The van der Waals surface area contributed by atoms with Crippen LogP contribution in [0.2, 0.25) is 5.02 Å². The molecule has 3 rings (SSSR count). The molecule has 146 valence electrons. The summed E-state index contributed by atoms with van der Waals surface area (Å²) in [5, 5.41) is 5.75. The molecule has 0 spiro atoms. The van der Waals surface area contributed by atoms with Crippen molar-refractivity contribution in [3.8, 4) is 11.5 Å². The number of halogens is 1. The Morgan fingerprint density at radius 3 is 2.54 bits per heavy atom. The lowest BCUT2D eigenvalue weighted by molar-refractivity contribution is -0.132. The van der Waals surface area contributed by atoms with Gasteiger partial charge in [0, 0.05) is 23.3 Å². The average molecular weight is 404 g/mol. The molecule has 2 aromatic rings. The number of ether oxygens (including phenoxy) is 2. The normalized spacial score (nSPS) is 11.6. The highest BCUT2D eigenvalue weighted by Gasteiger charge is 2.18. The summed E-state index contributed by atoms with van der Waals surface area (Å²) < 4.78 is 10.4. The predicted molar refractivity (Wildman–Crippen MR) is 103 cm³/mol. The van der Waals surface area contributed by atoms with Crippen LogP contribution >= 0.6 is 11.6 Å². The van der Waals surface area contributed by atoms with Crippen LogP contribution < -0.4 is 20.1 Å². The molecule has 0 saturated heterocycles. The molecule has 0 radical (unpaired) electrons. The van der Waals surface area contributed by atoms with Gasteiger partial charge in [-0.05, 0) is 42.5 Å². The Kier molecular flexibility index (Phi) is 6.00. The topological polar surface area (TPSA) is 97.0 Å². The Morgan fingerprint density at radius 2 is 1.79 bits per heavy atom. The third-order valence-electron chi connectivity index (χ3n) is 3.97. The standard InChI is InChI=1S/C19H18ClN3O5/c1-23(10-17(24)22-14-5-3-13(20)4-6-14)18(25)9-21-19(26)12-2-7-15-16(8-12)28-11-27-15/h2-8H,9-11H2,1H3,(H,21,26)(H,22,24). The molecule has 0 bridgehead atoms. The molecule has 9 heteroatoms. The molecular formula is C19H18ClN3O5.